The Labute approximate surface area is 177 Å². The first-order valence-corrected chi connectivity index (χ1v) is 8.48. The third-order valence-electron chi connectivity index (χ3n) is 3.63. The fraction of sp³-hybridized carbons (Fsp3) is 0.316. The van der Waals surface area contributed by atoms with Gasteiger partial charge < -0.3 is 20.3 Å². The molecule has 1 aromatic heterocycles. The number of aromatic nitrogens is 1. The molecule has 0 bridgehead atoms. The Kier molecular flexibility index (Phi) is 10.8. The van der Waals surface area contributed by atoms with Gasteiger partial charge in [-0.15, -0.1) is 24.0 Å². The molecule has 0 radical (unpaired) electrons. The fourth-order valence-corrected chi connectivity index (χ4v) is 2.26. The Morgan fingerprint density at radius 3 is 2.56 bits per heavy atom. The van der Waals surface area contributed by atoms with Crippen LogP contribution in [0.15, 0.2) is 59.9 Å². The van der Waals surface area contributed by atoms with Crippen molar-refractivity contribution in [3.8, 4) is 5.75 Å². The first-order chi connectivity index (χ1) is 12.7. The van der Waals surface area contributed by atoms with Gasteiger partial charge >= 0.3 is 0 Å². The summed E-state index contributed by atoms with van der Waals surface area (Å²) < 4.78 is 5.69. The minimum Gasteiger partial charge on any atom is -0.492 e. The molecule has 0 atom stereocenters. The van der Waals surface area contributed by atoms with Gasteiger partial charge in [0.15, 0.2) is 5.96 Å². The van der Waals surface area contributed by atoms with E-state index < -0.39 is 0 Å². The summed E-state index contributed by atoms with van der Waals surface area (Å²) in [6.07, 6.45) is 3.18. The molecule has 0 saturated heterocycles. The van der Waals surface area contributed by atoms with Crippen LogP contribution in [0.3, 0.4) is 0 Å². The van der Waals surface area contributed by atoms with Gasteiger partial charge in [-0.25, -0.2) is 0 Å². The molecule has 2 aromatic rings. The van der Waals surface area contributed by atoms with Crippen molar-refractivity contribution in [2.75, 3.05) is 40.3 Å². The second-order valence-corrected chi connectivity index (χ2v) is 5.55. The Morgan fingerprint density at radius 2 is 1.89 bits per heavy atom. The van der Waals surface area contributed by atoms with Crippen LogP contribution in [0, 0.1) is 0 Å². The van der Waals surface area contributed by atoms with Crippen molar-refractivity contribution in [3.05, 3.63) is 60.4 Å². The topological polar surface area (TPSA) is 78.8 Å². The lowest BCUT2D eigenvalue weighted by molar-refractivity contribution is 0.0954. The van der Waals surface area contributed by atoms with Gasteiger partial charge in [-0.2, -0.15) is 0 Å². The summed E-state index contributed by atoms with van der Waals surface area (Å²) in [7, 11) is 3.67. The summed E-state index contributed by atoms with van der Waals surface area (Å²) in [6.45, 7) is 2.30. The first kappa shape index (κ1) is 22.7. The number of guanidine groups is 1. The molecule has 2 N–H and O–H groups in total. The van der Waals surface area contributed by atoms with Gasteiger partial charge in [-0.3, -0.25) is 14.8 Å². The van der Waals surface area contributed by atoms with Crippen LogP contribution < -0.4 is 15.4 Å². The largest absolute Gasteiger partial charge is 0.492 e. The van der Waals surface area contributed by atoms with Gasteiger partial charge in [-0.1, -0.05) is 18.2 Å². The molecule has 1 heterocycles. The number of benzene rings is 1. The molecule has 0 aliphatic rings. The Bertz CT molecular complexity index is 698. The summed E-state index contributed by atoms with van der Waals surface area (Å²) in [6, 6.07) is 13.2. The van der Waals surface area contributed by atoms with E-state index in [9.17, 15) is 4.79 Å². The van der Waals surface area contributed by atoms with Gasteiger partial charge in [0.1, 0.15) is 12.4 Å². The zero-order chi connectivity index (χ0) is 18.6. The number of hydrogen-bond donors (Lipinski definition) is 2. The zero-order valence-corrected chi connectivity index (χ0v) is 17.9. The number of amides is 1. The van der Waals surface area contributed by atoms with Crippen LogP contribution >= 0.6 is 24.0 Å². The van der Waals surface area contributed by atoms with Crippen molar-refractivity contribution in [3.63, 3.8) is 0 Å². The van der Waals surface area contributed by atoms with Crippen molar-refractivity contribution in [1.29, 1.82) is 0 Å². The standard InChI is InChI=1S/C19H25N5O2.HI/c1-20-19(24(2)13-14-26-17-8-4-3-5-9-17)23-12-11-22-18(25)16-7-6-10-21-15-16;/h3-10,15H,11-14H2,1-2H3,(H,20,23)(H,22,25);1H. The first-order valence-electron chi connectivity index (χ1n) is 8.48. The second-order valence-electron chi connectivity index (χ2n) is 5.55. The molecule has 2 rings (SSSR count). The third-order valence-corrected chi connectivity index (χ3v) is 3.63. The van der Waals surface area contributed by atoms with Crippen molar-refractivity contribution < 1.29 is 9.53 Å². The number of ether oxygens (including phenoxy) is 1. The van der Waals surface area contributed by atoms with Crippen molar-refractivity contribution in [2.45, 2.75) is 0 Å². The molecule has 7 nitrogen and oxygen atoms in total. The molecule has 1 aromatic carbocycles. The van der Waals surface area contributed by atoms with Crippen LogP contribution in [0.2, 0.25) is 0 Å². The predicted octanol–water partition coefficient (Wildman–Crippen LogP) is 2.02. The van der Waals surface area contributed by atoms with E-state index in [1.165, 1.54) is 0 Å². The van der Waals surface area contributed by atoms with E-state index >= 15 is 0 Å². The minimum absolute atomic E-state index is 0. The highest BCUT2D eigenvalue weighted by Crippen LogP contribution is 2.07. The van der Waals surface area contributed by atoms with Crippen LogP contribution in [0.1, 0.15) is 10.4 Å². The fourth-order valence-electron chi connectivity index (χ4n) is 2.26. The monoisotopic (exact) mass is 483 g/mol. The third kappa shape index (κ3) is 8.25. The molecular formula is C19H26IN5O2. The molecule has 8 heteroatoms. The molecule has 0 aliphatic heterocycles. The molecule has 0 spiro atoms. The Balaban J connectivity index is 0.00000364. The van der Waals surface area contributed by atoms with Crippen molar-refractivity contribution in [2.24, 2.45) is 4.99 Å². The van der Waals surface area contributed by atoms with Gasteiger partial charge in [-0.05, 0) is 24.3 Å². The van der Waals surface area contributed by atoms with E-state index in [0.29, 0.717) is 31.8 Å². The number of aliphatic imine (C=N–C) groups is 1. The van der Waals surface area contributed by atoms with Crippen LogP contribution in [-0.4, -0.2) is 62.1 Å². The molecular weight excluding hydrogens is 457 g/mol. The second kappa shape index (κ2) is 12.9. The number of nitrogens with one attached hydrogen (secondary N) is 2. The number of carbonyl (C=O) groups is 1. The normalized spacial score (nSPS) is 10.5. The average molecular weight is 483 g/mol. The summed E-state index contributed by atoms with van der Waals surface area (Å²) >= 11 is 0. The smallest absolute Gasteiger partial charge is 0.252 e. The Hall–Kier alpha value is -2.36. The summed E-state index contributed by atoms with van der Waals surface area (Å²) in [5, 5.41) is 6.06. The SMILES string of the molecule is CN=C(NCCNC(=O)c1cccnc1)N(C)CCOc1ccccc1.I. The maximum atomic E-state index is 11.9. The molecule has 0 fully saturated rings. The lowest BCUT2D eigenvalue weighted by Crippen LogP contribution is -2.43. The molecule has 0 aliphatic carbocycles. The average Bonchev–Trinajstić information content (AvgIpc) is 2.69. The lowest BCUT2D eigenvalue weighted by Gasteiger charge is -2.22. The number of para-hydroxylation sites is 1. The van der Waals surface area contributed by atoms with Crippen LogP contribution in [0.4, 0.5) is 0 Å². The Morgan fingerprint density at radius 1 is 1.15 bits per heavy atom. The van der Waals surface area contributed by atoms with Gasteiger partial charge in [0.25, 0.3) is 5.91 Å². The highest BCUT2D eigenvalue weighted by Gasteiger charge is 2.07. The van der Waals surface area contributed by atoms with E-state index in [4.69, 9.17) is 4.74 Å². The van der Waals surface area contributed by atoms with Crippen LogP contribution in [0.5, 0.6) is 5.75 Å². The predicted molar refractivity (Wildman–Crippen MR) is 118 cm³/mol. The minimum atomic E-state index is -0.139. The summed E-state index contributed by atoms with van der Waals surface area (Å²) in [5.41, 5.74) is 0.548. The number of pyridine rings is 1. The maximum absolute atomic E-state index is 11.9. The van der Waals surface area contributed by atoms with E-state index in [2.05, 4.69) is 20.6 Å². The zero-order valence-electron chi connectivity index (χ0n) is 15.6. The van der Waals surface area contributed by atoms with Crippen LogP contribution in [0.25, 0.3) is 0 Å². The molecule has 0 unspecified atom stereocenters. The number of nitrogens with zero attached hydrogens (tertiary/aromatic N) is 3. The maximum Gasteiger partial charge on any atom is 0.252 e. The quantitative estimate of drug-likeness (QED) is 0.260. The number of likely N-dealkylation sites (N-methyl/N-ethyl adjacent to an activating group) is 1. The number of carbonyl (C=O) groups excluding carboxylic acids is 1. The lowest BCUT2D eigenvalue weighted by atomic mass is 10.3. The van der Waals surface area contributed by atoms with Gasteiger partial charge in [0, 0.05) is 39.6 Å². The van der Waals surface area contributed by atoms with E-state index in [1.54, 1.807) is 31.6 Å². The number of halogens is 1. The highest BCUT2D eigenvalue weighted by atomic mass is 127. The number of hydrogen-bond acceptors (Lipinski definition) is 4. The van der Waals surface area contributed by atoms with E-state index in [0.717, 1.165) is 11.7 Å². The van der Waals surface area contributed by atoms with E-state index in [-0.39, 0.29) is 29.9 Å². The molecule has 1 amide bonds. The summed E-state index contributed by atoms with van der Waals surface area (Å²) in [4.78, 5) is 22.1. The van der Waals surface area contributed by atoms with Crippen molar-refractivity contribution in [1.82, 2.24) is 20.5 Å². The molecule has 0 saturated carbocycles. The van der Waals surface area contributed by atoms with E-state index in [1.807, 2.05) is 42.3 Å². The van der Waals surface area contributed by atoms with Crippen LogP contribution in [-0.2, 0) is 0 Å². The molecule has 27 heavy (non-hydrogen) atoms. The van der Waals surface area contributed by atoms with Gasteiger partial charge in [0.05, 0.1) is 12.1 Å². The highest BCUT2D eigenvalue weighted by molar-refractivity contribution is 14.0. The molecule has 146 valence electrons. The van der Waals surface area contributed by atoms with Gasteiger partial charge in [0.2, 0.25) is 0 Å². The summed E-state index contributed by atoms with van der Waals surface area (Å²) in [5.74, 6) is 1.46. The van der Waals surface area contributed by atoms with Crippen molar-refractivity contribution >= 4 is 35.8 Å². The number of rotatable bonds is 8.